The largest absolute Gasteiger partial charge is 0.481 e. The van der Waals surface area contributed by atoms with Gasteiger partial charge in [-0.2, -0.15) is 0 Å². The first-order chi connectivity index (χ1) is 8.60. The fourth-order valence-corrected chi connectivity index (χ4v) is 4.18. The first kappa shape index (κ1) is 11.8. The molecule has 0 aliphatic heterocycles. The minimum atomic E-state index is -0.573. The van der Waals surface area contributed by atoms with Gasteiger partial charge in [-0.05, 0) is 50.0 Å². The molecule has 96 valence electrons. The van der Waals surface area contributed by atoms with E-state index in [0.29, 0.717) is 18.3 Å². The molecule has 2 aliphatic rings. The van der Waals surface area contributed by atoms with Crippen molar-refractivity contribution in [2.75, 3.05) is 0 Å². The summed E-state index contributed by atoms with van der Waals surface area (Å²) in [7, 11) is 0. The molecular weight excluding hydrogens is 224 g/mol. The molecule has 0 saturated heterocycles. The SMILES string of the molecule is Cc1cccc(CC2(C(=O)O)CC3CCC2C3)c1. The van der Waals surface area contributed by atoms with E-state index in [1.165, 1.54) is 17.5 Å². The Bertz CT molecular complexity index is 480. The zero-order chi connectivity index (χ0) is 12.8. The lowest BCUT2D eigenvalue weighted by Crippen LogP contribution is -2.38. The molecule has 2 aliphatic carbocycles. The van der Waals surface area contributed by atoms with Crippen molar-refractivity contribution in [2.45, 2.75) is 39.0 Å². The third-order valence-electron chi connectivity index (χ3n) is 5.00. The molecule has 1 aromatic carbocycles. The van der Waals surface area contributed by atoms with E-state index in [0.717, 1.165) is 19.3 Å². The molecule has 0 spiro atoms. The summed E-state index contributed by atoms with van der Waals surface area (Å²) in [5.74, 6) is 0.493. The van der Waals surface area contributed by atoms with Crippen LogP contribution in [0.15, 0.2) is 24.3 Å². The van der Waals surface area contributed by atoms with Gasteiger partial charge >= 0.3 is 5.97 Å². The predicted molar refractivity (Wildman–Crippen MR) is 70.4 cm³/mol. The van der Waals surface area contributed by atoms with Gasteiger partial charge in [0.25, 0.3) is 0 Å². The lowest BCUT2D eigenvalue weighted by molar-refractivity contribution is -0.152. The van der Waals surface area contributed by atoms with Gasteiger partial charge in [0.15, 0.2) is 0 Å². The predicted octanol–water partition coefficient (Wildman–Crippen LogP) is 3.43. The number of carboxylic acids is 1. The lowest BCUT2D eigenvalue weighted by Gasteiger charge is -2.33. The number of fused-ring (bicyclic) bond motifs is 2. The van der Waals surface area contributed by atoms with Crippen LogP contribution < -0.4 is 0 Å². The van der Waals surface area contributed by atoms with E-state index < -0.39 is 11.4 Å². The summed E-state index contributed by atoms with van der Waals surface area (Å²) < 4.78 is 0. The van der Waals surface area contributed by atoms with Crippen LogP contribution in [0.25, 0.3) is 0 Å². The van der Waals surface area contributed by atoms with Crippen LogP contribution in [0, 0.1) is 24.2 Å². The molecule has 3 atom stereocenters. The van der Waals surface area contributed by atoms with Gasteiger partial charge in [0.2, 0.25) is 0 Å². The Hall–Kier alpha value is -1.31. The molecule has 18 heavy (non-hydrogen) atoms. The van der Waals surface area contributed by atoms with Gasteiger partial charge < -0.3 is 5.11 Å². The highest BCUT2D eigenvalue weighted by molar-refractivity contribution is 5.76. The van der Waals surface area contributed by atoms with E-state index in [9.17, 15) is 9.90 Å². The van der Waals surface area contributed by atoms with Gasteiger partial charge in [-0.1, -0.05) is 36.2 Å². The second kappa shape index (κ2) is 4.11. The highest BCUT2D eigenvalue weighted by Crippen LogP contribution is 2.57. The summed E-state index contributed by atoms with van der Waals surface area (Å²) in [5, 5.41) is 9.72. The maximum atomic E-state index is 11.8. The maximum absolute atomic E-state index is 11.8. The van der Waals surface area contributed by atoms with Crippen molar-refractivity contribution in [1.29, 1.82) is 0 Å². The van der Waals surface area contributed by atoms with Crippen LogP contribution in [0.4, 0.5) is 0 Å². The molecule has 0 heterocycles. The van der Waals surface area contributed by atoms with Gasteiger partial charge in [0.05, 0.1) is 5.41 Å². The van der Waals surface area contributed by atoms with Gasteiger partial charge in [0.1, 0.15) is 0 Å². The molecule has 0 amide bonds. The van der Waals surface area contributed by atoms with E-state index in [-0.39, 0.29) is 0 Å². The second-order valence-electron chi connectivity index (χ2n) is 6.21. The van der Waals surface area contributed by atoms with Crippen LogP contribution in [-0.2, 0) is 11.2 Å². The van der Waals surface area contributed by atoms with Crippen LogP contribution in [0.2, 0.25) is 0 Å². The van der Waals surface area contributed by atoms with Gasteiger partial charge in [-0.15, -0.1) is 0 Å². The van der Waals surface area contributed by atoms with Crippen LogP contribution in [0.5, 0.6) is 0 Å². The van der Waals surface area contributed by atoms with Gasteiger partial charge in [-0.3, -0.25) is 4.79 Å². The standard InChI is InChI=1S/C16H20O2/c1-11-3-2-4-12(7-11)9-16(15(17)18)10-13-5-6-14(16)8-13/h2-4,7,13-14H,5-6,8-10H2,1H3,(H,17,18). The number of hydrogen-bond acceptors (Lipinski definition) is 1. The second-order valence-corrected chi connectivity index (χ2v) is 6.21. The van der Waals surface area contributed by atoms with Crippen LogP contribution >= 0.6 is 0 Å². The lowest BCUT2D eigenvalue weighted by atomic mass is 9.69. The molecule has 2 fully saturated rings. The molecule has 2 nitrogen and oxygen atoms in total. The number of benzene rings is 1. The Morgan fingerprint density at radius 3 is 2.83 bits per heavy atom. The molecule has 2 saturated carbocycles. The van der Waals surface area contributed by atoms with Crippen molar-refractivity contribution in [1.82, 2.24) is 0 Å². The van der Waals surface area contributed by atoms with E-state index in [2.05, 4.69) is 25.1 Å². The van der Waals surface area contributed by atoms with E-state index >= 15 is 0 Å². The average Bonchev–Trinajstić information content (AvgIpc) is 2.89. The highest BCUT2D eigenvalue weighted by Gasteiger charge is 2.55. The Morgan fingerprint density at radius 1 is 1.44 bits per heavy atom. The number of aryl methyl sites for hydroxylation is 1. The summed E-state index contributed by atoms with van der Waals surface area (Å²) >= 11 is 0. The van der Waals surface area contributed by atoms with Crippen molar-refractivity contribution in [3.63, 3.8) is 0 Å². The molecule has 3 rings (SSSR count). The van der Waals surface area contributed by atoms with E-state index in [1.54, 1.807) is 0 Å². The Balaban J connectivity index is 1.90. The number of carbonyl (C=O) groups is 1. The fraction of sp³-hybridized carbons (Fsp3) is 0.562. The maximum Gasteiger partial charge on any atom is 0.310 e. The van der Waals surface area contributed by atoms with Crippen LogP contribution in [0.1, 0.15) is 36.8 Å². The quantitative estimate of drug-likeness (QED) is 0.884. The smallest absolute Gasteiger partial charge is 0.310 e. The highest BCUT2D eigenvalue weighted by atomic mass is 16.4. The first-order valence-corrected chi connectivity index (χ1v) is 6.89. The Labute approximate surface area is 108 Å². The van der Waals surface area contributed by atoms with Crippen LogP contribution in [-0.4, -0.2) is 11.1 Å². The summed E-state index contributed by atoms with van der Waals surface area (Å²) in [5.41, 5.74) is 1.93. The molecule has 1 N–H and O–H groups in total. The van der Waals surface area contributed by atoms with Crippen molar-refractivity contribution < 1.29 is 9.90 Å². The Morgan fingerprint density at radius 2 is 2.28 bits per heavy atom. The van der Waals surface area contributed by atoms with E-state index in [4.69, 9.17) is 0 Å². The van der Waals surface area contributed by atoms with Gasteiger partial charge in [0, 0.05) is 0 Å². The Kier molecular flexibility index (Phi) is 2.69. The molecular formula is C16H20O2. The van der Waals surface area contributed by atoms with Crippen LogP contribution in [0.3, 0.4) is 0 Å². The number of hydrogen-bond donors (Lipinski definition) is 1. The van der Waals surface area contributed by atoms with Crippen molar-refractivity contribution in [2.24, 2.45) is 17.3 Å². The van der Waals surface area contributed by atoms with Crippen molar-refractivity contribution in [3.8, 4) is 0 Å². The zero-order valence-electron chi connectivity index (χ0n) is 10.9. The summed E-state index contributed by atoms with van der Waals surface area (Å²) in [6.07, 6.45) is 5.10. The third-order valence-corrected chi connectivity index (χ3v) is 5.00. The number of carboxylic acid groups (broad SMARTS) is 1. The first-order valence-electron chi connectivity index (χ1n) is 6.89. The molecule has 1 aromatic rings. The summed E-state index contributed by atoms with van der Waals surface area (Å²) in [6.45, 7) is 2.07. The molecule has 0 radical (unpaired) electrons. The van der Waals surface area contributed by atoms with E-state index in [1.807, 2.05) is 6.07 Å². The fourth-order valence-electron chi connectivity index (χ4n) is 4.18. The minimum Gasteiger partial charge on any atom is -0.481 e. The topological polar surface area (TPSA) is 37.3 Å². The average molecular weight is 244 g/mol. The van der Waals surface area contributed by atoms with Gasteiger partial charge in [-0.25, -0.2) is 0 Å². The number of aliphatic carboxylic acids is 1. The van der Waals surface area contributed by atoms with Crippen molar-refractivity contribution in [3.05, 3.63) is 35.4 Å². The molecule has 2 heteroatoms. The summed E-state index contributed by atoms with van der Waals surface area (Å²) in [6, 6.07) is 8.31. The third kappa shape index (κ3) is 1.75. The molecule has 2 bridgehead atoms. The summed E-state index contributed by atoms with van der Waals surface area (Å²) in [4.78, 5) is 11.8. The molecule has 3 unspecified atom stereocenters. The zero-order valence-corrected chi connectivity index (χ0v) is 10.9. The molecule has 0 aromatic heterocycles. The minimum absolute atomic E-state index is 0.403. The monoisotopic (exact) mass is 244 g/mol. The number of rotatable bonds is 3. The van der Waals surface area contributed by atoms with Crippen molar-refractivity contribution >= 4 is 5.97 Å². The normalized spacial score (nSPS) is 33.8.